The van der Waals surface area contributed by atoms with E-state index in [1.807, 2.05) is 0 Å². The van der Waals surface area contributed by atoms with Gasteiger partial charge < -0.3 is 9.30 Å². The summed E-state index contributed by atoms with van der Waals surface area (Å²) in [7, 11) is 0. The van der Waals surface area contributed by atoms with Gasteiger partial charge in [0.2, 0.25) is 0 Å². The van der Waals surface area contributed by atoms with Gasteiger partial charge in [-0.05, 0) is 32.9 Å². The summed E-state index contributed by atoms with van der Waals surface area (Å²) in [6.07, 6.45) is 4.51. The quantitative estimate of drug-likeness (QED) is 0.492. The number of imidazole rings is 1. The van der Waals surface area contributed by atoms with Crippen molar-refractivity contribution in [3.05, 3.63) is 52.6 Å². The number of aromatic nitrogens is 2. The van der Waals surface area contributed by atoms with Crippen LogP contribution >= 0.6 is 0 Å². The lowest BCUT2D eigenvalue weighted by Crippen LogP contribution is -2.24. The third-order valence-corrected chi connectivity index (χ3v) is 2.59. The van der Waals surface area contributed by atoms with Gasteiger partial charge in [0.1, 0.15) is 11.3 Å². The van der Waals surface area contributed by atoms with Gasteiger partial charge in [-0.15, -0.1) is 0 Å². The van der Waals surface area contributed by atoms with Crippen LogP contribution in [0.4, 0.5) is 5.69 Å². The predicted octanol–water partition coefficient (Wildman–Crippen LogP) is 2.74. The van der Waals surface area contributed by atoms with Crippen molar-refractivity contribution in [2.45, 2.75) is 26.4 Å². The zero-order chi connectivity index (χ0) is 15.6. The molecule has 2 aromatic rings. The summed E-state index contributed by atoms with van der Waals surface area (Å²) >= 11 is 0. The molecule has 110 valence electrons. The highest BCUT2D eigenvalue weighted by Gasteiger charge is 2.22. The van der Waals surface area contributed by atoms with Crippen LogP contribution in [0.5, 0.6) is 0 Å². The number of carbonyl (C=O) groups is 1. The maximum absolute atomic E-state index is 12.0. The first kappa shape index (κ1) is 14.7. The number of rotatable bonds is 3. The van der Waals surface area contributed by atoms with Crippen molar-refractivity contribution in [1.29, 1.82) is 0 Å². The van der Waals surface area contributed by atoms with E-state index in [1.54, 1.807) is 27.0 Å². The first-order valence-electron chi connectivity index (χ1n) is 6.28. The molecule has 0 N–H and O–H groups in total. The number of benzene rings is 1. The third-order valence-electron chi connectivity index (χ3n) is 2.59. The monoisotopic (exact) mass is 289 g/mol. The molecule has 0 unspecified atom stereocenters. The number of carbonyl (C=O) groups excluding carboxylic acids is 1. The molecule has 1 aromatic heterocycles. The lowest BCUT2D eigenvalue weighted by molar-refractivity contribution is -0.384. The summed E-state index contributed by atoms with van der Waals surface area (Å²) in [5.41, 5.74) is -0.228. The molecule has 21 heavy (non-hydrogen) atoms. The number of nitrogens with zero attached hydrogens (tertiary/aromatic N) is 3. The summed E-state index contributed by atoms with van der Waals surface area (Å²) in [5, 5.41) is 11.1. The molecular weight excluding hydrogens is 274 g/mol. The molecule has 1 aromatic carbocycles. The standard InChI is InChI=1S/C14H15N3O4/c1-14(2,3)21-13(18)10-4-5-11(17(19)20)12(8-10)16-7-6-15-9-16/h4-9H,1-3H3. The summed E-state index contributed by atoms with van der Waals surface area (Å²) in [5.74, 6) is -0.529. The minimum atomic E-state index is -0.631. The number of nitro groups is 1. The van der Waals surface area contributed by atoms with Gasteiger partial charge in [-0.2, -0.15) is 0 Å². The van der Waals surface area contributed by atoms with Crippen LogP contribution in [0, 0.1) is 10.1 Å². The lowest BCUT2D eigenvalue weighted by atomic mass is 10.1. The van der Waals surface area contributed by atoms with E-state index >= 15 is 0 Å². The molecule has 0 amide bonds. The van der Waals surface area contributed by atoms with Gasteiger partial charge in [0, 0.05) is 18.5 Å². The second-order valence-corrected chi connectivity index (χ2v) is 5.43. The number of hydrogen-bond donors (Lipinski definition) is 0. The first-order chi connectivity index (χ1) is 9.78. The molecule has 0 aliphatic heterocycles. The van der Waals surface area contributed by atoms with E-state index in [9.17, 15) is 14.9 Å². The van der Waals surface area contributed by atoms with Crippen LogP contribution in [-0.2, 0) is 4.74 Å². The molecule has 0 radical (unpaired) electrons. The van der Waals surface area contributed by atoms with Gasteiger partial charge in [-0.1, -0.05) is 0 Å². The average Bonchev–Trinajstić information content (AvgIpc) is 2.89. The fraction of sp³-hybridized carbons (Fsp3) is 0.286. The summed E-state index contributed by atoms with van der Waals surface area (Å²) in [6, 6.07) is 4.09. The van der Waals surface area contributed by atoms with Gasteiger partial charge in [0.25, 0.3) is 5.69 Å². The Balaban J connectivity index is 2.45. The Bertz CT molecular complexity index is 672. The number of nitro benzene ring substituents is 1. The van der Waals surface area contributed by atoms with Crippen LogP contribution in [-0.4, -0.2) is 26.0 Å². The molecule has 2 rings (SSSR count). The number of ether oxygens (including phenoxy) is 1. The predicted molar refractivity (Wildman–Crippen MR) is 75.4 cm³/mol. The van der Waals surface area contributed by atoms with Crippen LogP contribution in [0.1, 0.15) is 31.1 Å². The molecular formula is C14H15N3O4. The van der Waals surface area contributed by atoms with E-state index in [-0.39, 0.29) is 16.9 Å². The largest absolute Gasteiger partial charge is 0.456 e. The van der Waals surface area contributed by atoms with Crippen molar-refractivity contribution in [1.82, 2.24) is 9.55 Å². The molecule has 0 spiro atoms. The molecule has 0 bridgehead atoms. The zero-order valence-electron chi connectivity index (χ0n) is 11.9. The Kier molecular flexibility index (Phi) is 3.75. The lowest BCUT2D eigenvalue weighted by Gasteiger charge is -2.19. The van der Waals surface area contributed by atoms with Gasteiger partial charge in [0.15, 0.2) is 0 Å². The van der Waals surface area contributed by atoms with Crippen molar-refractivity contribution in [2.75, 3.05) is 0 Å². The van der Waals surface area contributed by atoms with Crippen LogP contribution in [0.15, 0.2) is 36.9 Å². The Morgan fingerprint density at radius 1 is 1.38 bits per heavy atom. The maximum atomic E-state index is 12.0. The smallest absolute Gasteiger partial charge is 0.338 e. The topological polar surface area (TPSA) is 87.3 Å². The summed E-state index contributed by atoms with van der Waals surface area (Å²) in [4.78, 5) is 26.5. The molecule has 1 heterocycles. The Morgan fingerprint density at radius 2 is 2.10 bits per heavy atom. The van der Waals surface area contributed by atoms with Gasteiger partial charge in [-0.25, -0.2) is 9.78 Å². The Morgan fingerprint density at radius 3 is 2.62 bits per heavy atom. The molecule has 7 nitrogen and oxygen atoms in total. The van der Waals surface area contributed by atoms with Crippen molar-refractivity contribution < 1.29 is 14.5 Å². The second kappa shape index (κ2) is 5.35. The van der Waals surface area contributed by atoms with Crippen LogP contribution < -0.4 is 0 Å². The van der Waals surface area contributed by atoms with Crippen molar-refractivity contribution in [2.24, 2.45) is 0 Å². The van der Waals surface area contributed by atoms with E-state index in [0.29, 0.717) is 0 Å². The van der Waals surface area contributed by atoms with E-state index < -0.39 is 16.5 Å². The van der Waals surface area contributed by atoms with E-state index in [0.717, 1.165) is 0 Å². The van der Waals surface area contributed by atoms with E-state index in [2.05, 4.69) is 4.98 Å². The first-order valence-corrected chi connectivity index (χ1v) is 6.28. The average molecular weight is 289 g/mol. The highest BCUT2D eigenvalue weighted by atomic mass is 16.6. The molecule has 0 aliphatic carbocycles. The Hall–Kier alpha value is -2.70. The molecule has 0 atom stereocenters. The highest BCUT2D eigenvalue weighted by Crippen LogP contribution is 2.25. The van der Waals surface area contributed by atoms with Crippen LogP contribution in [0.2, 0.25) is 0 Å². The van der Waals surface area contributed by atoms with E-state index in [1.165, 1.54) is 35.3 Å². The fourth-order valence-corrected chi connectivity index (χ4v) is 1.75. The highest BCUT2D eigenvalue weighted by molar-refractivity contribution is 5.91. The molecule has 0 saturated carbocycles. The zero-order valence-corrected chi connectivity index (χ0v) is 11.9. The Labute approximate surface area is 121 Å². The van der Waals surface area contributed by atoms with Gasteiger partial charge in [0.05, 0.1) is 16.8 Å². The van der Waals surface area contributed by atoms with Gasteiger partial charge in [-0.3, -0.25) is 10.1 Å². The maximum Gasteiger partial charge on any atom is 0.338 e. The fourth-order valence-electron chi connectivity index (χ4n) is 1.75. The summed E-state index contributed by atoms with van der Waals surface area (Å²) < 4.78 is 6.74. The molecule has 0 saturated heterocycles. The minimum Gasteiger partial charge on any atom is -0.456 e. The summed E-state index contributed by atoms with van der Waals surface area (Å²) in [6.45, 7) is 5.27. The van der Waals surface area contributed by atoms with Crippen molar-refractivity contribution in [3.63, 3.8) is 0 Å². The van der Waals surface area contributed by atoms with Crippen molar-refractivity contribution in [3.8, 4) is 5.69 Å². The molecule has 0 aliphatic rings. The van der Waals surface area contributed by atoms with E-state index in [4.69, 9.17) is 4.74 Å². The van der Waals surface area contributed by atoms with Crippen molar-refractivity contribution >= 4 is 11.7 Å². The number of esters is 1. The molecule has 0 fully saturated rings. The van der Waals surface area contributed by atoms with Crippen LogP contribution in [0.3, 0.4) is 0 Å². The third kappa shape index (κ3) is 3.44. The number of hydrogen-bond acceptors (Lipinski definition) is 5. The molecule has 7 heteroatoms. The normalized spacial score (nSPS) is 11.2. The van der Waals surface area contributed by atoms with Crippen LogP contribution in [0.25, 0.3) is 5.69 Å². The minimum absolute atomic E-state index is 0.111. The SMILES string of the molecule is CC(C)(C)OC(=O)c1ccc([N+](=O)[O-])c(-n2ccnc2)c1. The second-order valence-electron chi connectivity index (χ2n) is 5.43. The van der Waals surface area contributed by atoms with Gasteiger partial charge >= 0.3 is 5.97 Å².